The van der Waals surface area contributed by atoms with Crippen LogP contribution < -0.4 is 21.5 Å². The number of carbonyl (C=O) groups excluding carboxylic acids is 1. The monoisotopic (exact) mass is 475 g/mol. The Morgan fingerprint density at radius 3 is 2.66 bits per heavy atom. The zero-order valence-corrected chi connectivity index (χ0v) is 20.0. The largest absolute Gasteiger partial charge is 0.375 e. The van der Waals surface area contributed by atoms with E-state index in [-0.39, 0.29) is 23.1 Å². The molecule has 2 aromatic carbocycles. The maximum absolute atomic E-state index is 13.8. The van der Waals surface area contributed by atoms with Crippen molar-refractivity contribution in [1.29, 1.82) is 0 Å². The average molecular weight is 476 g/mol. The number of nitrogens with one attached hydrogen (secondary N) is 1. The molecule has 0 saturated heterocycles. The Kier molecular flexibility index (Phi) is 5.31. The Balaban J connectivity index is 1.60. The molecule has 1 unspecified atom stereocenters. The van der Waals surface area contributed by atoms with E-state index in [9.17, 15) is 14.0 Å². The second-order valence-corrected chi connectivity index (χ2v) is 9.09. The van der Waals surface area contributed by atoms with Gasteiger partial charge in [-0.25, -0.2) is 9.37 Å². The number of halogens is 1. The summed E-state index contributed by atoms with van der Waals surface area (Å²) in [4.78, 5) is 32.1. The fraction of sp³-hybridized carbons (Fsp3) is 0.280. The third-order valence-electron chi connectivity index (χ3n) is 6.40. The number of primary amides is 1. The minimum atomic E-state index is -0.631. The number of nitrogens with two attached hydrogens (primary N) is 1. The van der Waals surface area contributed by atoms with E-state index in [1.807, 2.05) is 30.9 Å². The van der Waals surface area contributed by atoms with Gasteiger partial charge in [-0.05, 0) is 48.7 Å². The molecule has 9 nitrogen and oxygen atoms in total. The molecule has 1 amide bonds. The van der Waals surface area contributed by atoms with Crippen LogP contribution in [0.3, 0.4) is 0 Å². The Morgan fingerprint density at radius 1 is 1.17 bits per heavy atom. The average Bonchev–Trinajstić information content (AvgIpc) is 3.38. The first-order valence-electron chi connectivity index (χ1n) is 11.3. The molecule has 10 heteroatoms. The van der Waals surface area contributed by atoms with Gasteiger partial charge in [0.1, 0.15) is 5.82 Å². The lowest BCUT2D eigenvalue weighted by Gasteiger charge is -2.22. The van der Waals surface area contributed by atoms with E-state index in [1.165, 1.54) is 21.4 Å². The molecule has 2 aromatic heterocycles. The third kappa shape index (κ3) is 3.90. The molecule has 1 atom stereocenters. The van der Waals surface area contributed by atoms with Crippen LogP contribution in [0.25, 0.3) is 10.9 Å². The molecule has 5 rings (SSSR count). The number of amides is 1. The minimum absolute atomic E-state index is 0.142. The second kappa shape index (κ2) is 8.23. The number of anilines is 2. The number of aryl methyl sites for hydroxylation is 2. The molecule has 3 N–H and O–H groups in total. The molecule has 0 saturated carbocycles. The predicted octanol–water partition coefficient (Wildman–Crippen LogP) is 2.91. The van der Waals surface area contributed by atoms with Crippen LogP contribution in [-0.2, 0) is 27.2 Å². The van der Waals surface area contributed by atoms with Crippen molar-refractivity contribution in [2.24, 2.45) is 19.8 Å². The molecule has 0 radical (unpaired) electrons. The number of fused-ring (bicyclic) bond motifs is 2. The summed E-state index contributed by atoms with van der Waals surface area (Å²) >= 11 is 0. The van der Waals surface area contributed by atoms with Crippen LogP contribution in [0.1, 0.15) is 45.7 Å². The van der Waals surface area contributed by atoms with Gasteiger partial charge in [-0.2, -0.15) is 5.10 Å². The molecule has 4 aromatic rings. The Labute approximate surface area is 201 Å². The molecule has 180 valence electrons. The highest BCUT2D eigenvalue weighted by molar-refractivity contribution is 5.96. The van der Waals surface area contributed by atoms with Gasteiger partial charge in [0.25, 0.3) is 11.5 Å². The third-order valence-corrected chi connectivity index (χ3v) is 6.40. The van der Waals surface area contributed by atoms with Gasteiger partial charge in [0.2, 0.25) is 5.95 Å². The van der Waals surface area contributed by atoms with Crippen molar-refractivity contribution in [3.05, 3.63) is 80.6 Å². The van der Waals surface area contributed by atoms with Crippen LogP contribution in [0.4, 0.5) is 16.0 Å². The van der Waals surface area contributed by atoms with E-state index < -0.39 is 5.91 Å². The van der Waals surface area contributed by atoms with E-state index in [0.717, 1.165) is 22.3 Å². The number of hydrogen-bond donors (Lipinski definition) is 2. The molecular weight excluding hydrogens is 449 g/mol. The van der Waals surface area contributed by atoms with Crippen LogP contribution >= 0.6 is 0 Å². The van der Waals surface area contributed by atoms with Crippen LogP contribution in [0.5, 0.6) is 0 Å². The van der Waals surface area contributed by atoms with Crippen LogP contribution in [-0.4, -0.2) is 25.2 Å². The number of hydrogen-bond acceptors (Lipinski definition) is 6. The van der Waals surface area contributed by atoms with Gasteiger partial charge in [-0.1, -0.05) is 12.1 Å². The normalized spacial score (nSPS) is 13.8. The van der Waals surface area contributed by atoms with Crippen molar-refractivity contribution in [3.63, 3.8) is 0 Å². The van der Waals surface area contributed by atoms with E-state index in [4.69, 9.17) is 10.7 Å². The van der Waals surface area contributed by atoms with Gasteiger partial charge in [0.15, 0.2) is 5.69 Å². The summed E-state index contributed by atoms with van der Waals surface area (Å²) in [6, 6.07) is 8.25. The summed E-state index contributed by atoms with van der Waals surface area (Å²) in [7, 11) is 3.41. The summed E-state index contributed by atoms with van der Waals surface area (Å²) in [6.45, 7) is 4.85. The highest BCUT2D eigenvalue weighted by Crippen LogP contribution is 2.31. The standard InChI is InChI=1S/C25H26FN7O2/c1-13-7-18(14(2)28-20-12-31(3)30-22(20)23(27)34)21-19(8-13)24(35)32(4)25(29-21)33-10-15-5-6-17(26)9-16(15)11-33/h5-9,12,14,28H,10-11H2,1-4H3,(H2,27,34). The number of rotatable bonds is 5. The molecule has 0 fully saturated rings. The van der Waals surface area contributed by atoms with Crippen molar-refractivity contribution >= 4 is 28.4 Å². The van der Waals surface area contributed by atoms with Gasteiger partial charge < -0.3 is 16.0 Å². The second-order valence-electron chi connectivity index (χ2n) is 9.09. The molecule has 0 bridgehead atoms. The summed E-state index contributed by atoms with van der Waals surface area (Å²) in [5.74, 6) is -0.404. The maximum Gasteiger partial charge on any atom is 0.271 e. The highest BCUT2D eigenvalue weighted by atomic mass is 19.1. The highest BCUT2D eigenvalue weighted by Gasteiger charge is 2.25. The molecule has 1 aliphatic heterocycles. The topological polar surface area (TPSA) is 111 Å². The van der Waals surface area contributed by atoms with Crippen molar-refractivity contribution in [1.82, 2.24) is 19.3 Å². The van der Waals surface area contributed by atoms with Crippen molar-refractivity contribution in [2.75, 3.05) is 10.2 Å². The Morgan fingerprint density at radius 2 is 1.91 bits per heavy atom. The number of nitrogens with zero attached hydrogens (tertiary/aromatic N) is 5. The number of benzene rings is 2. The summed E-state index contributed by atoms with van der Waals surface area (Å²) in [6.07, 6.45) is 1.69. The first-order chi connectivity index (χ1) is 16.6. The minimum Gasteiger partial charge on any atom is -0.375 e. The SMILES string of the molecule is Cc1cc(C(C)Nc2cn(C)nc2C(N)=O)c2nc(N3Cc4ccc(F)cc4C3)n(C)c(=O)c2c1. The fourth-order valence-corrected chi connectivity index (χ4v) is 4.75. The molecule has 0 aliphatic carbocycles. The predicted molar refractivity (Wildman–Crippen MR) is 132 cm³/mol. The van der Waals surface area contributed by atoms with Crippen LogP contribution in [0.15, 0.2) is 41.3 Å². The van der Waals surface area contributed by atoms with Gasteiger partial charge in [-0.3, -0.25) is 18.8 Å². The van der Waals surface area contributed by atoms with E-state index >= 15 is 0 Å². The number of carbonyl (C=O) groups is 1. The molecule has 0 spiro atoms. The first-order valence-corrected chi connectivity index (χ1v) is 11.3. The van der Waals surface area contributed by atoms with Gasteiger partial charge >= 0.3 is 0 Å². The lowest BCUT2D eigenvalue weighted by molar-refractivity contribution is 0.0995. The van der Waals surface area contributed by atoms with Crippen molar-refractivity contribution < 1.29 is 9.18 Å². The lowest BCUT2D eigenvalue weighted by Crippen LogP contribution is -2.28. The summed E-state index contributed by atoms with van der Waals surface area (Å²) in [5, 5.41) is 7.94. The summed E-state index contributed by atoms with van der Waals surface area (Å²) < 4.78 is 16.8. The van der Waals surface area contributed by atoms with Crippen LogP contribution in [0, 0.1) is 12.7 Å². The van der Waals surface area contributed by atoms with Gasteiger partial charge in [0.05, 0.1) is 22.6 Å². The zero-order valence-electron chi connectivity index (χ0n) is 20.0. The van der Waals surface area contributed by atoms with E-state index in [1.54, 1.807) is 26.4 Å². The van der Waals surface area contributed by atoms with Crippen LogP contribution in [0.2, 0.25) is 0 Å². The fourth-order valence-electron chi connectivity index (χ4n) is 4.75. The molecule has 3 heterocycles. The molecular formula is C25H26FN7O2. The molecule has 35 heavy (non-hydrogen) atoms. The Bertz CT molecular complexity index is 1560. The van der Waals surface area contributed by atoms with Crippen molar-refractivity contribution in [3.8, 4) is 0 Å². The Hall–Kier alpha value is -4.21. The first kappa shape index (κ1) is 22.6. The smallest absolute Gasteiger partial charge is 0.271 e. The summed E-state index contributed by atoms with van der Waals surface area (Å²) in [5.41, 5.74) is 10.2. The van der Waals surface area contributed by atoms with Gasteiger partial charge in [0, 0.05) is 38.9 Å². The quantitative estimate of drug-likeness (QED) is 0.459. The maximum atomic E-state index is 13.8. The van der Waals surface area contributed by atoms with Crippen molar-refractivity contribution in [2.45, 2.75) is 33.0 Å². The lowest BCUT2D eigenvalue weighted by atomic mass is 10.0. The van der Waals surface area contributed by atoms with Gasteiger partial charge in [-0.15, -0.1) is 0 Å². The van der Waals surface area contributed by atoms with E-state index in [2.05, 4.69) is 10.4 Å². The zero-order chi connectivity index (χ0) is 25.0. The molecule has 1 aliphatic rings. The number of aromatic nitrogens is 4. The van der Waals surface area contributed by atoms with E-state index in [0.29, 0.717) is 35.6 Å².